The Labute approximate surface area is 244 Å². The summed E-state index contributed by atoms with van der Waals surface area (Å²) in [5, 5.41) is 17.3. The summed E-state index contributed by atoms with van der Waals surface area (Å²) in [5.41, 5.74) is 2.11. The first-order chi connectivity index (χ1) is 20.0. The van der Waals surface area contributed by atoms with Crippen LogP contribution < -0.4 is 20.3 Å². The third-order valence-corrected chi connectivity index (χ3v) is 8.57. The van der Waals surface area contributed by atoms with Gasteiger partial charge in [-0.2, -0.15) is 0 Å². The van der Waals surface area contributed by atoms with Crippen LogP contribution in [0.1, 0.15) is 45.2 Å². The number of nitrogens with one attached hydrogen (secondary N) is 2. The van der Waals surface area contributed by atoms with E-state index in [0.717, 1.165) is 66.2 Å². The lowest BCUT2D eigenvalue weighted by Crippen LogP contribution is -2.49. The van der Waals surface area contributed by atoms with Gasteiger partial charge in [0.1, 0.15) is 5.75 Å². The number of benzene rings is 1. The molecular formula is C29H39N7O4S. The molecule has 0 spiro atoms. The van der Waals surface area contributed by atoms with Crippen LogP contribution in [0.25, 0.3) is 5.13 Å². The minimum Gasteiger partial charge on any atom is -0.494 e. The maximum Gasteiger partial charge on any atom is 0.409 e. The Morgan fingerprint density at radius 2 is 1.68 bits per heavy atom. The highest BCUT2D eigenvalue weighted by atomic mass is 32.1. The van der Waals surface area contributed by atoms with Gasteiger partial charge in [0, 0.05) is 55.7 Å². The van der Waals surface area contributed by atoms with Crippen molar-refractivity contribution in [3.8, 4) is 10.9 Å². The molecule has 0 unspecified atom stereocenters. The molecule has 2 saturated heterocycles. The number of carbonyl (C=O) groups excluding carboxylic acids is 2. The van der Waals surface area contributed by atoms with Gasteiger partial charge in [0.2, 0.25) is 16.2 Å². The van der Waals surface area contributed by atoms with Gasteiger partial charge in [0.25, 0.3) is 0 Å². The van der Waals surface area contributed by atoms with E-state index in [1.54, 1.807) is 16.2 Å². The topological polar surface area (TPSA) is 114 Å². The Bertz CT molecular complexity index is 1280. The fraction of sp³-hybridized carbons (Fsp3) is 0.517. The molecule has 12 heteroatoms. The second-order valence-electron chi connectivity index (χ2n) is 10.3. The molecule has 3 aromatic rings. The van der Waals surface area contributed by atoms with Crippen molar-refractivity contribution in [1.29, 1.82) is 0 Å². The number of anilines is 2. The SMILES string of the molecule is CCOC(=O)N1CCC(NC(=O)C2CCN(c3nnc(-n4cccc4CNc4ccc(OCC)cc4)s3)CC2)CC1. The second-order valence-corrected chi connectivity index (χ2v) is 11.2. The van der Waals surface area contributed by atoms with Gasteiger partial charge in [-0.25, -0.2) is 4.79 Å². The molecule has 4 heterocycles. The molecule has 2 fully saturated rings. The standard InChI is InChI=1S/C29H39N7O4S/c1-3-39-25-9-7-22(8-10-25)30-20-24-6-5-15-36(24)28-33-32-27(41-28)34-16-11-21(12-17-34)26(37)31-23-13-18-35(19-14-23)29(38)40-4-2/h5-10,15,21,23,30H,3-4,11-14,16-20H2,1-2H3,(H,31,37). The van der Waals surface area contributed by atoms with Crippen molar-refractivity contribution in [3.05, 3.63) is 48.3 Å². The number of rotatable bonds is 10. The smallest absolute Gasteiger partial charge is 0.409 e. The largest absolute Gasteiger partial charge is 0.494 e. The van der Waals surface area contributed by atoms with E-state index in [1.807, 2.05) is 50.4 Å². The first kappa shape index (κ1) is 28.7. The van der Waals surface area contributed by atoms with Gasteiger partial charge in [-0.3, -0.25) is 9.36 Å². The quantitative estimate of drug-likeness (QED) is 0.365. The van der Waals surface area contributed by atoms with Gasteiger partial charge in [-0.15, -0.1) is 10.2 Å². The maximum atomic E-state index is 13.0. The Kier molecular flexibility index (Phi) is 9.60. The molecule has 0 radical (unpaired) electrons. The van der Waals surface area contributed by atoms with Crippen molar-refractivity contribution in [2.75, 3.05) is 49.6 Å². The molecule has 0 bridgehead atoms. The lowest BCUT2D eigenvalue weighted by atomic mass is 9.95. The summed E-state index contributed by atoms with van der Waals surface area (Å²) in [6.45, 7) is 8.23. The van der Waals surface area contributed by atoms with Crippen LogP contribution in [0.15, 0.2) is 42.6 Å². The van der Waals surface area contributed by atoms with Crippen LogP contribution in [0.2, 0.25) is 0 Å². The number of aromatic nitrogens is 3. The van der Waals surface area contributed by atoms with Crippen molar-refractivity contribution in [3.63, 3.8) is 0 Å². The van der Waals surface area contributed by atoms with Gasteiger partial charge >= 0.3 is 6.09 Å². The molecule has 0 aliphatic carbocycles. The summed E-state index contributed by atoms with van der Waals surface area (Å²) in [6.07, 6.45) is 4.82. The van der Waals surface area contributed by atoms with E-state index in [4.69, 9.17) is 9.47 Å². The molecular weight excluding hydrogens is 542 g/mol. The molecule has 2 N–H and O–H groups in total. The lowest BCUT2D eigenvalue weighted by Gasteiger charge is -2.34. The zero-order valence-electron chi connectivity index (χ0n) is 23.8. The van der Waals surface area contributed by atoms with Crippen molar-refractivity contribution in [2.45, 2.75) is 52.1 Å². The lowest BCUT2D eigenvalue weighted by molar-refractivity contribution is -0.126. The third-order valence-electron chi connectivity index (χ3n) is 7.59. The van der Waals surface area contributed by atoms with Crippen molar-refractivity contribution in [2.24, 2.45) is 5.92 Å². The van der Waals surface area contributed by atoms with Crippen molar-refractivity contribution >= 4 is 34.2 Å². The molecule has 2 aliphatic heterocycles. The number of likely N-dealkylation sites (tertiary alicyclic amines) is 1. The number of hydrogen-bond acceptors (Lipinski definition) is 9. The number of piperidine rings is 2. The zero-order chi connectivity index (χ0) is 28.6. The van der Waals surface area contributed by atoms with Crippen LogP contribution in [-0.4, -0.2) is 77.1 Å². The maximum absolute atomic E-state index is 13.0. The number of carbonyl (C=O) groups is 2. The van der Waals surface area contributed by atoms with Gasteiger partial charge in [-0.1, -0.05) is 11.3 Å². The Hall–Kier alpha value is -3.80. The summed E-state index contributed by atoms with van der Waals surface area (Å²) in [6, 6.07) is 12.2. The predicted molar refractivity (Wildman–Crippen MR) is 159 cm³/mol. The molecule has 220 valence electrons. The van der Waals surface area contributed by atoms with E-state index in [9.17, 15) is 9.59 Å². The summed E-state index contributed by atoms with van der Waals surface area (Å²) in [4.78, 5) is 28.8. The van der Waals surface area contributed by atoms with Gasteiger partial charge in [0.05, 0.1) is 19.8 Å². The molecule has 2 aliphatic rings. The number of hydrogen-bond donors (Lipinski definition) is 2. The average Bonchev–Trinajstić information content (AvgIpc) is 3.67. The fourth-order valence-corrected chi connectivity index (χ4v) is 6.20. The molecule has 0 atom stereocenters. The molecule has 2 aromatic heterocycles. The zero-order valence-corrected chi connectivity index (χ0v) is 24.6. The third kappa shape index (κ3) is 7.29. The van der Waals surface area contributed by atoms with Gasteiger partial charge in [-0.05, 0) is 75.9 Å². The molecule has 41 heavy (non-hydrogen) atoms. The number of amides is 2. The summed E-state index contributed by atoms with van der Waals surface area (Å²) >= 11 is 1.56. The number of nitrogens with zero attached hydrogens (tertiary/aromatic N) is 5. The Balaban J connectivity index is 1.09. The Morgan fingerprint density at radius 3 is 2.39 bits per heavy atom. The van der Waals surface area contributed by atoms with E-state index in [-0.39, 0.29) is 24.0 Å². The normalized spacial score (nSPS) is 16.4. The first-order valence-corrected chi connectivity index (χ1v) is 15.3. The molecule has 0 saturated carbocycles. The van der Waals surface area contributed by atoms with Crippen LogP contribution in [0, 0.1) is 5.92 Å². The second kappa shape index (κ2) is 13.7. The van der Waals surface area contributed by atoms with Crippen LogP contribution >= 0.6 is 11.3 Å². The van der Waals surface area contributed by atoms with Crippen LogP contribution in [0.3, 0.4) is 0 Å². The molecule has 5 rings (SSSR count). The fourth-order valence-electron chi connectivity index (χ4n) is 5.28. The van der Waals surface area contributed by atoms with Crippen LogP contribution in [-0.2, 0) is 16.1 Å². The average molecular weight is 582 g/mol. The monoisotopic (exact) mass is 581 g/mol. The number of ether oxygens (including phenoxy) is 2. The van der Waals surface area contributed by atoms with Crippen molar-refractivity contribution in [1.82, 2.24) is 25.0 Å². The summed E-state index contributed by atoms with van der Waals surface area (Å²) in [7, 11) is 0. The van der Waals surface area contributed by atoms with E-state index in [0.29, 0.717) is 32.8 Å². The summed E-state index contributed by atoms with van der Waals surface area (Å²) < 4.78 is 12.7. The minimum atomic E-state index is -0.266. The van der Waals surface area contributed by atoms with E-state index in [1.165, 1.54) is 0 Å². The van der Waals surface area contributed by atoms with E-state index in [2.05, 4.69) is 36.4 Å². The Morgan fingerprint density at radius 1 is 0.951 bits per heavy atom. The molecule has 11 nitrogen and oxygen atoms in total. The van der Waals surface area contributed by atoms with E-state index < -0.39 is 0 Å². The van der Waals surface area contributed by atoms with Gasteiger partial charge in [0.15, 0.2) is 0 Å². The van der Waals surface area contributed by atoms with Crippen LogP contribution in [0.5, 0.6) is 5.75 Å². The molecule has 2 amide bonds. The van der Waals surface area contributed by atoms with Crippen molar-refractivity contribution < 1.29 is 19.1 Å². The van der Waals surface area contributed by atoms with E-state index >= 15 is 0 Å². The molecule has 1 aromatic carbocycles. The first-order valence-electron chi connectivity index (χ1n) is 14.5. The van der Waals surface area contributed by atoms with Gasteiger partial charge < -0.3 is 29.9 Å². The minimum absolute atomic E-state index is 0.00791. The summed E-state index contributed by atoms with van der Waals surface area (Å²) in [5.74, 6) is 0.973. The highest BCUT2D eigenvalue weighted by Gasteiger charge is 2.30. The predicted octanol–water partition coefficient (Wildman–Crippen LogP) is 4.29. The van der Waals surface area contributed by atoms with Crippen LogP contribution in [0.4, 0.5) is 15.6 Å². The highest BCUT2D eigenvalue weighted by molar-refractivity contribution is 7.17. The highest BCUT2D eigenvalue weighted by Crippen LogP contribution is 2.29.